The summed E-state index contributed by atoms with van der Waals surface area (Å²) in [5.74, 6) is 0. The van der Waals surface area contributed by atoms with Gasteiger partial charge in [-0.3, -0.25) is 9.36 Å². The zero-order valence-corrected chi connectivity index (χ0v) is 19.4. The molecule has 0 saturated heterocycles. The first kappa shape index (κ1) is 25.2. The molecule has 0 aliphatic rings. The molecule has 160 valence electrons. The smallest absolute Gasteiger partial charge is 0.308 e. The van der Waals surface area contributed by atoms with Gasteiger partial charge < -0.3 is 9.59 Å². The maximum Gasteiger partial charge on any atom is 0.308 e. The molecule has 0 spiro atoms. The summed E-state index contributed by atoms with van der Waals surface area (Å²) in [5, 5.41) is 11.0. The van der Waals surface area contributed by atoms with Gasteiger partial charge in [-0.1, -0.05) is 63.5 Å². The first-order valence-electron chi connectivity index (χ1n) is 10.7. The number of halogens is 1. The number of nitrogens with zero attached hydrogens (tertiary/aromatic N) is 2. The molecule has 0 aliphatic carbocycles. The van der Waals surface area contributed by atoms with E-state index in [4.69, 9.17) is 0 Å². The van der Waals surface area contributed by atoms with Crippen molar-refractivity contribution in [1.29, 1.82) is 0 Å². The summed E-state index contributed by atoms with van der Waals surface area (Å²) in [4.78, 5) is 12.5. The predicted molar refractivity (Wildman–Crippen MR) is 124 cm³/mol. The van der Waals surface area contributed by atoms with Gasteiger partial charge in [0.25, 0.3) is 0 Å². The van der Waals surface area contributed by atoms with Crippen LogP contribution in [0.3, 0.4) is 0 Å². The molecule has 0 fully saturated rings. The summed E-state index contributed by atoms with van der Waals surface area (Å²) in [7, 11) is 0. The van der Waals surface area contributed by atoms with Gasteiger partial charge in [0.1, 0.15) is 12.6 Å². The molecule has 0 aliphatic heterocycles. The maximum atomic E-state index is 12.4. The van der Waals surface area contributed by atoms with Crippen LogP contribution < -0.4 is 4.87 Å². The van der Waals surface area contributed by atoms with Crippen LogP contribution in [0.4, 0.5) is 0 Å². The first-order valence-corrected chi connectivity index (χ1v) is 11.5. The Morgan fingerprint density at radius 3 is 2.07 bits per heavy atom. The number of unbranched alkanes of at least 4 members (excludes halogenated alkanes) is 3. The van der Waals surface area contributed by atoms with E-state index in [1.165, 1.54) is 49.9 Å². The van der Waals surface area contributed by atoms with Crippen molar-refractivity contribution >= 4 is 34.0 Å². The Labute approximate surface area is 180 Å². The lowest BCUT2D eigenvalue weighted by Gasteiger charge is -2.40. The minimum absolute atomic E-state index is 0. The van der Waals surface area contributed by atoms with Gasteiger partial charge in [-0.25, -0.2) is 0 Å². The molecule has 0 radical (unpaired) electrons. The standard InChI is InChI=1S/C22H37N2O2S.ClH/c1-4-7-14-24(15-8-5-2,16-9-6-3)18-19(25)17-23-20-12-10-11-13-21(20)27-22(23)26;/h10-13,19,25H,4-9,14-18H2,1-3H3;1H/q+1;. The summed E-state index contributed by atoms with van der Waals surface area (Å²) in [6, 6.07) is 7.88. The quantitative estimate of drug-likeness (QED) is 0.452. The van der Waals surface area contributed by atoms with E-state index in [0.717, 1.165) is 40.9 Å². The van der Waals surface area contributed by atoms with Crippen molar-refractivity contribution in [2.45, 2.75) is 71.9 Å². The molecule has 28 heavy (non-hydrogen) atoms. The zero-order chi connectivity index (χ0) is 19.7. The lowest BCUT2D eigenvalue weighted by molar-refractivity contribution is -0.931. The molecule has 1 aromatic carbocycles. The molecule has 1 atom stereocenters. The highest BCUT2D eigenvalue weighted by molar-refractivity contribution is 7.16. The van der Waals surface area contributed by atoms with Crippen molar-refractivity contribution < 1.29 is 9.59 Å². The average Bonchev–Trinajstić information content (AvgIpc) is 2.98. The van der Waals surface area contributed by atoms with Crippen molar-refractivity contribution in [3.05, 3.63) is 33.9 Å². The second-order valence-electron chi connectivity index (χ2n) is 7.86. The number of quaternary nitrogens is 1. The number of fused-ring (bicyclic) bond motifs is 1. The Morgan fingerprint density at radius 1 is 1.00 bits per heavy atom. The van der Waals surface area contributed by atoms with Gasteiger partial charge in [-0.15, -0.1) is 12.4 Å². The van der Waals surface area contributed by atoms with E-state index in [1.54, 1.807) is 4.57 Å². The third kappa shape index (κ3) is 6.87. The molecular weight excluding hydrogens is 392 g/mol. The summed E-state index contributed by atoms with van der Waals surface area (Å²) >= 11 is 1.27. The molecule has 1 N–H and O–H groups in total. The number of aliphatic hydroxyl groups is 1. The number of benzene rings is 1. The third-order valence-electron chi connectivity index (χ3n) is 5.52. The Hall–Kier alpha value is -0.880. The Bertz CT molecular complexity index is 722. The fraction of sp³-hybridized carbons (Fsp3) is 0.682. The van der Waals surface area contributed by atoms with E-state index in [2.05, 4.69) is 20.8 Å². The molecule has 1 aromatic heterocycles. The first-order chi connectivity index (χ1) is 13.0. The van der Waals surface area contributed by atoms with Gasteiger partial charge in [-0.2, -0.15) is 0 Å². The molecule has 0 saturated carbocycles. The molecule has 1 heterocycles. The summed E-state index contributed by atoms with van der Waals surface area (Å²) < 4.78 is 3.75. The second kappa shape index (κ2) is 12.6. The fourth-order valence-corrected chi connectivity index (χ4v) is 4.89. The number of aromatic nitrogens is 1. The normalized spacial score (nSPS) is 12.9. The van der Waals surface area contributed by atoms with Crippen molar-refractivity contribution in [2.24, 2.45) is 0 Å². The van der Waals surface area contributed by atoms with E-state index < -0.39 is 6.10 Å². The Morgan fingerprint density at radius 2 is 1.54 bits per heavy atom. The fourth-order valence-electron chi connectivity index (χ4n) is 3.99. The van der Waals surface area contributed by atoms with Crippen LogP contribution >= 0.6 is 23.7 Å². The SMILES string of the molecule is CCCC[N+](CCCC)(CCCC)CC(O)Cn1c(=O)sc2ccccc21.Cl. The van der Waals surface area contributed by atoms with Gasteiger partial charge in [0.15, 0.2) is 0 Å². The van der Waals surface area contributed by atoms with Crippen LogP contribution in [0.25, 0.3) is 10.2 Å². The van der Waals surface area contributed by atoms with Crippen LogP contribution in [-0.4, -0.2) is 46.4 Å². The molecular formula is C22H38ClN2O2S+. The molecule has 2 aromatic rings. The van der Waals surface area contributed by atoms with Crippen LogP contribution in [0.5, 0.6) is 0 Å². The molecule has 1 unspecified atom stereocenters. The van der Waals surface area contributed by atoms with E-state index in [1.807, 2.05) is 24.3 Å². The highest BCUT2D eigenvalue weighted by Crippen LogP contribution is 2.19. The number of para-hydroxylation sites is 1. The van der Waals surface area contributed by atoms with Crippen molar-refractivity contribution in [3.8, 4) is 0 Å². The Balaban J connectivity index is 0.00000392. The summed E-state index contributed by atoms with van der Waals surface area (Å²) in [5.41, 5.74) is 0.945. The monoisotopic (exact) mass is 429 g/mol. The molecule has 0 bridgehead atoms. The minimum atomic E-state index is -0.494. The van der Waals surface area contributed by atoms with Crippen molar-refractivity contribution in [2.75, 3.05) is 26.2 Å². The van der Waals surface area contributed by atoms with Gasteiger partial charge in [0, 0.05) is 0 Å². The highest BCUT2D eigenvalue weighted by Gasteiger charge is 2.29. The van der Waals surface area contributed by atoms with Crippen molar-refractivity contribution in [1.82, 2.24) is 4.57 Å². The molecule has 2 rings (SSSR count). The van der Waals surface area contributed by atoms with Crippen LogP contribution in [0.1, 0.15) is 59.3 Å². The second-order valence-corrected chi connectivity index (χ2v) is 8.85. The van der Waals surface area contributed by atoms with Crippen LogP contribution in [-0.2, 0) is 6.54 Å². The van der Waals surface area contributed by atoms with Gasteiger partial charge in [0.2, 0.25) is 0 Å². The molecule has 6 heteroatoms. The van der Waals surface area contributed by atoms with Crippen LogP contribution in [0.15, 0.2) is 29.1 Å². The van der Waals surface area contributed by atoms with Crippen LogP contribution in [0.2, 0.25) is 0 Å². The number of aliphatic hydroxyl groups excluding tert-OH is 1. The Kier molecular flexibility index (Phi) is 11.4. The lowest BCUT2D eigenvalue weighted by Crippen LogP contribution is -2.54. The molecule has 4 nitrogen and oxygen atoms in total. The summed E-state index contributed by atoms with van der Waals surface area (Å²) in [6.45, 7) is 11.3. The van der Waals surface area contributed by atoms with E-state index >= 15 is 0 Å². The maximum absolute atomic E-state index is 12.4. The largest absolute Gasteiger partial charge is 0.385 e. The third-order valence-corrected chi connectivity index (χ3v) is 6.48. The molecule has 0 amide bonds. The number of rotatable bonds is 13. The zero-order valence-electron chi connectivity index (χ0n) is 17.7. The number of thiazole rings is 1. The van der Waals surface area contributed by atoms with Gasteiger partial charge >= 0.3 is 4.87 Å². The van der Waals surface area contributed by atoms with E-state index in [0.29, 0.717) is 6.54 Å². The van der Waals surface area contributed by atoms with Crippen molar-refractivity contribution in [3.63, 3.8) is 0 Å². The van der Waals surface area contributed by atoms with E-state index in [-0.39, 0.29) is 17.3 Å². The number of hydrogen-bond donors (Lipinski definition) is 1. The highest BCUT2D eigenvalue weighted by atomic mass is 35.5. The van der Waals surface area contributed by atoms with Crippen LogP contribution in [0, 0.1) is 0 Å². The minimum Gasteiger partial charge on any atom is -0.385 e. The summed E-state index contributed by atoms with van der Waals surface area (Å²) in [6.07, 6.45) is 6.64. The lowest BCUT2D eigenvalue weighted by atomic mass is 10.1. The predicted octanol–water partition coefficient (Wildman–Crippen LogP) is 5.06. The topological polar surface area (TPSA) is 42.2 Å². The average molecular weight is 430 g/mol. The van der Waals surface area contributed by atoms with Gasteiger partial charge in [0.05, 0.1) is 36.4 Å². The van der Waals surface area contributed by atoms with Gasteiger partial charge in [-0.05, 0) is 31.4 Å². The number of hydrogen-bond acceptors (Lipinski definition) is 3. The van der Waals surface area contributed by atoms with E-state index in [9.17, 15) is 9.90 Å².